The molecule has 92 valence electrons. The molecule has 2 aromatic rings. The average Bonchev–Trinajstić information content (AvgIpc) is 2.46. The van der Waals surface area contributed by atoms with Gasteiger partial charge in [-0.05, 0) is 24.1 Å². The third-order valence-corrected chi connectivity index (χ3v) is 2.78. The minimum atomic E-state index is 0.805. The van der Waals surface area contributed by atoms with Gasteiger partial charge in [-0.3, -0.25) is 0 Å². The number of nitrogens with zero attached hydrogens (tertiary/aromatic N) is 1. The summed E-state index contributed by atoms with van der Waals surface area (Å²) >= 11 is 0. The molecule has 0 heterocycles. The van der Waals surface area contributed by atoms with Crippen molar-refractivity contribution in [3.05, 3.63) is 60.2 Å². The van der Waals surface area contributed by atoms with E-state index in [9.17, 15) is 0 Å². The van der Waals surface area contributed by atoms with Crippen LogP contribution in [-0.4, -0.2) is 12.8 Å². The zero-order valence-corrected chi connectivity index (χ0v) is 10.8. The van der Waals surface area contributed by atoms with E-state index in [1.54, 1.807) is 7.11 Å². The predicted molar refractivity (Wildman–Crippen MR) is 75.9 cm³/mol. The van der Waals surface area contributed by atoms with Gasteiger partial charge in [-0.15, -0.1) is 0 Å². The summed E-state index contributed by atoms with van der Waals surface area (Å²) < 4.78 is 5.32. The van der Waals surface area contributed by atoms with Crippen molar-refractivity contribution >= 4 is 11.4 Å². The van der Waals surface area contributed by atoms with Crippen LogP contribution < -0.4 is 4.74 Å². The van der Waals surface area contributed by atoms with Gasteiger partial charge in [0.15, 0.2) is 0 Å². The molecule has 0 aromatic heterocycles. The molecule has 0 spiro atoms. The van der Waals surface area contributed by atoms with Crippen molar-refractivity contribution < 1.29 is 4.74 Å². The van der Waals surface area contributed by atoms with Crippen LogP contribution in [0, 0.1) is 0 Å². The number of methoxy groups -OCH3 is 1. The first-order valence-corrected chi connectivity index (χ1v) is 6.11. The Kier molecular flexibility index (Phi) is 4.13. The van der Waals surface area contributed by atoms with E-state index in [4.69, 9.17) is 9.73 Å². The Morgan fingerprint density at radius 1 is 1.00 bits per heavy atom. The Morgan fingerprint density at radius 3 is 2.33 bits per heavy atom. The quantitative estimate of drug-likeness (QED) is 0.732. The molecule has 2 heteroatoms. The standard InChI is InChI=1S/C16H17NO/c1-3-14(13-9-5-4-6-10-13)17-15-11-7-8-12-16(15)18-2/h4-12H,3H2,1-2H3/b17-14-. The third-order valence-electron chi connectivity index (χ3n) is 2.78. The average molecular weight is 239 g/mol. The molecule has 0 aliphatic rings. The Morgan fingerprint density at radius 2 is 1.67 bits per heavy atom. The molecule has 2 nitrogen and oxygen atoms in total. The summed E-state index contributed by atoms with van der Waals surface area (Å²) in [5, 5.41) is 0. The lowest BCUT2D eigenvalue weighted by Crippen LogP contribution is -1.98. The zero-order valence-electron chi connectivity index (χ0n) is 10.8. The van der Waals surface area contributed by atoms with Crippen molar-refractivity contribution in [2.75, 3.05) is 7.11 Å². The second-order valence-corrected chi connectivity index (χ2v) is 3.95. The second kappa shape index (κ2) is 6.01. The van der Waals surface area contributed by atoms with Crippen LogP contribution in [-0.2, 0) is 0 Å². The molecule has 0 aliphatic carbocycles. The summed E-state index contributed by atoms with van der Waals surface area (Å²) in [7, 11) is 1.67. The van der Waals surface area contributed by atoms with Gasteiger partial charge in [0.05, 0.1) is 7.11 Å². The fraction of sp³-hybridized carbons (Fsp3) is 0.188. The van der Waals surface area contributed by atoms with Gasteiger partial charge in [-0.1, -0.05) is 49.4 Å². The van der Waals surface area contributed by atoms with Crippen molar-refractivity contribution in [1.82, 2.24) is 0 Å². The number of rotatable bonds is 4. The van der Waals surface area contributed by atoms with Gasteiger partial charge in [0.1, 0.15) is 11.4 Å². The van der Waals surface area contributed by atoms with Crippen molar-refractivity contribution in [1.29, 1.82) is 0 Å². The van der Waals surface area contributed by atoms with E-state index in [1.165, 1.54) is 0 Å². The highest BCUT2D eigenvalue weighted by Crippen LogP contribution is 2.27. The van der Waals surface area contributed by atoms with Crippen LogP contribution >= 0.6 is 0 Å². The molecule has 0 unspecified atom stereocenters. The van der Waals surface area contributed by atoms with Crippen LogP contribution in [0.4, 0.5) is 5.69 Å². The van der Waals surface area contributed by atoms with Gasteiger partial charge in [0.25, 0.3) is 0 Å². The Labute approximate surface area is 108 Å². The number of para-hydroxylation sites is 2. The highest BCUT2D eigenvalue weighted by Gasteiger charge is 2.04. The summed E-state index contributed by atoms with van der Waals surface area (Å²) in [5.74, 6) is 0.805. The topological polar surface area (TPSA) is 21.6 Å². The van der Waals surface area contributed by atoms with Crippen molar-refractivity contribution in [2.45, 2.75) is 13.3 Å². The molecule has 0 bridgehead atoms. The fourth-order valence-corrected chi connectivity index (χ4v) is 1.85. The first-order valence-electron chi connectivity index (χ1n) is 6.11. The van der Waals surface area contributed by atoms with E-state index < -0.39 is 0 Å². The largest absolute Gasteiger partial charge is 0.494 e. The minimum absolute atomic E-state index is 0.805. The van der Waals surface area contributed by atoms with Gasteiger partial charge in [-0.25, -0.2) is 4.99 Å². The van der Waals surface area contributed by atoms with Gasteiger partial charge < -0.3 is 4.74 Å². The highest BCUT2D eigenvalue weighted by atomic mass is 16.5. The van der Waals surface area contributed by atoms with Crippen LogP contribution in [0.2, 0.25) is 0 Å². The van der Waals surface area contributed by atoms with E-state index >= 15 is 0 Å². The van der Waals surface area contributed by atoms with Gasteiger partial charge in [0.2, 0.25) is 0 Å². The molecule has 0 atom stereocenters. The molecule has 0 N–H and O–H groups in total. The van der Waals surface area contributed by atoms with E-state index in [1.807, 2.05) is 42.5 Å². The van der Waals surface area contributed by atoms with Crippen LogP contribution in [0.15, 0.2) is 59.6 Å². The summed E-state index contributed by atoms with van der Waals surface area (Å²) in [5.41, 5.74) is 3.10. The van der Waals surface area contributed by atoms with Crippen LogP contribution in [0.5, 0.6) is 5.75 Å². The number of hydrogen-bond acceptors (Lipinski definition) is 2. The maximum atomic E-state index is 5.32. The number of benzene rings is 2. The van der Waals surface area contributed by atoms with E-state index in [2.05, 4.69) is 19.1 Å². The molecular formula is C16H17NO. The predicted octanol–water partition coefficient (Wildman–Crippen LogP) is 4.23. The SMILES string of the molecule is CC/C(=N/c1ccccc1OC)c1ccccc1. The molecule has 2 rings (SSSR count). The van der Waals surface area contributed by atoms with Crippen LogP contribution in [0.25, 0.3) is 0 Å². The number of ether oxygens (including phenoxy) is 1. The van der Waals surface area contributed by atoms with Crippen molar-refractivity contribution in [3.63, 3.8) is 0 Å². The lowest BCUT2D eigenvalue weighted by atomic mass is 10.1. The van der Waals surface area contributed by atoms with E-state index in [0.29, 0.717) is 0 Å². The summed E-state index contributed by atoms with van der Waals surface area (Å²) in [6.07, 6.45) is 0.891. The molecular weight excluding hydrogens is 222 g/mol. The molecule has 0 aliphatic heterocycles. The maximum absolute atomic E-state index is 5.32. The van der Waals surface area contributed by atoms with E-state index in [-0.39, 0.29) is 0 Å². The number of hydrogen-bond donors (Lipinski definition) is 0. The maximum Gasteiger partial charge on any atom is 0.144 e. The van der Waals surface area contributed by atoms with Gasteiger partial charge in [-0.2, -0.15) is 0 Å². The monoisotopic (exact) mass is 239 g/mol. The zero-order chi connectivity index (χ0) is 12.8. The fourth-order valence-electron chi connectivity index (χ4n) is 1.85. The lowest BCUT2D eigenvalue weighted by molar-refractivity contribution is 0.416. The molecule has 0 radical (unpaired) electrons. The summed E-state index contributed by atoms with van der Waals surface area (Å²) in [4.78, 5) is 4.71. The van der Waals surface area contributed by atoms with Crippen molar-refractivity contribution in [2.24, 2.45) is 4.99 Å². The summed E-state index contributed by atoms with van der Waals surface area (Å²) in [6.45, 7) is 2.11. The molecule has 0 saturated heterocycles. The Hall–Kier alpha value is -2.09. The van der Waals surface area contributed by atoms with Gasteiger partial charge >= 0.3 is 0 Å². The first kappa shape index (κ1) is 12.4. The highest BCUT2D eigenvalue weighted by molar-refractivity contribution is 6.02. The molecule has 0 saturated carbocycles. The smallest absolute Gasteiger partial charge is 0.144 e. The Bertz CT molecular complexity index is 532. The van der Waals surface area contributed by atoms with Crippen LogP contribution in [0.1, 0.15) is 18.9 Å². The van der Waals surface area contributed by atoms with Gasteiger partial charge in [0, 0.05) is 5.71 Å². The lowest BCUT2D eigenvalue weighted by Gasteiger charge is -2.07. The molecule has 18 heavy (non-hydrogen) atoms. The normalized spacial score (nSPS) is 11.3. The summed E-state index contributed by atoms with van der Waals surface area (Å²) in [6, 6.07) is 18.1. The number of aliphatic imine (C=N–C) groups is 1. The Balaban J connectivity index is 2.41. The second-order valence-electron chi connectivity index (χ2n) is 3.95. The minimum Gasteiger partial charge on any atom is -0.494 e. The molecule has 0 fully saturated rings. The molecule has 0 amide bonds. The first-order chi connectivity index (χ1) is 8.85. The van der Waals surface area contributed by atoms with Crippen molar-refractivity contribution in [3.8, 4) is 5.75 Å². The molecule has 2 aromatic carbocycles. The van der Waals surface area contributed by atoms with Crippen LogP contribution in [0.3, 0.4) is 0 Å². The van der Waals surface area contributed by atoms with E-state index in [0.717, 1.165) is 29.1 Å². The third kappa shape index (κ3) is 2.77.